The van der Waals surface area contributed by atoms with Gasteiger partial charge in [0.25, 0.3) is 0 Å². The number of amides is 4. The van der Waals surface area contributed by atoms with Crippen molar-refractivity contribution < 1.29 is 28.7 Å². The monoisotopic (exact) mass is 440 g/mol. The predicted octanol–water partition coefficient (Wildman–Crippen LogP) is 2.48. The summed E-state index contributed by atoms with van der Waals surface area (Å²) in [5, 5.41) is 0. The lowest BCUT2D eigenvalue weighted by Gasteiger charge is -2.52. The molecule has 32 heavy (non-hydrogen) atoms. The van der Waals surface area contributed by atoms with Crippen molar-refractivity contribution in [3.05, 3.63) is 42.0 Å². The van der Waals surface area contributed by atoms with Crippen LogP contribution in [0, 0.1) is 17.3 Å². The van der Waals surface area contributed by atoms with Gasteiger partial charge in [-0.3, -0.25) is 24.2 Å². The van der Waals surface area contributed by atoms with Crippen molar-refractivity contribution in [1.29, 1.82) is 0 Å². The molecule has 4 rings (SSSR count). The summed E-state index contributed by atoms with van der Waals surface area (Å²) in [5.74, 6) is -3.62. The number of allylic oxidation sites excluding steroid dienone is 1. The number of imide groups is 2. The van der Waals surface area contributed by atoms with E-state index in [9.17, 15) is 19.2 Å². The van der Waals surface area contributed by atoms with Crippen molar-refractivity contribution in [1.82, 2.24) is 9.80 Å². The molecule has 0 N–H and O–H groups in total. The minimum atomic E-state index is -1.63. The summed E-state index contributed by atoms with van der Waals surface area (Å²) in [7, 11) is 2.74. The second-order valence-electron chi connectivity index (χ2n) is 9.18. The van der Waals surface area contributed by atoms with E-state index >= 15 is 0 Å². The molecule has 1 spiro atoms. The number of benzene rings is 1. The zero-order chi connectivity index (χ0) is 23.3. The van der Waals surface area contributed by atoms with E-state index in [1.165, 1.54) is 14.1 Å². The highest BCUT2D eigenvalue weighted by Crippen LogP contribution is 2.52. The van der Waals surface area contributed by atoms with Crippen LogP contribution in [0.1, 0.15) is 32.3 Å². The summed E-state index contributed by atoms with van der Waals surface area (Å²) < 4.78 is 11.8. The van der Waals surface area contributed by atoms with Crippen molar-refractivity contribution in [2.24, 2.45) is 17.3 Å². The number of hydrogen-bond acceptors (Lipinski definition) is 6. The molecule has 2 aliphatic heterocycles. The summed E-state index contributed by atoms with van der Waals surface area (Å²) in [4.78, 5) is 54.8. The number of rotatable bonds is 3. The molecular weight excluding hydrogens is 412 g/mol. The molecular formula is C24H28N2O6. The van der Waals surface area contributed by atoms with E-state index in [1.54, 1.807) is 19.9 Å². The molecule has 0 aromatic heterocycles. The van der Waals surface area contributed by atoms with Crippen molar-refractivity contribution in [2.75, 3.05) is 20.7 Å². The maximum Gasteiger partial charge on any atom is 0.332 e. The number of ketones is 1. The molecule has 0 unspecified atom stereocenters. The Hall–Kier alpha value is -2.84. The molecule has 2 saturated heterocycles. The summed E-state index contributed by atoms with van der Waals surface area (Å²) in [5.41, 5.74) is -0.752. The normalized spacial score (nSPS) is 30.1. The second-order valence-corrected chi connectivity index (χ2v) is 9.18. The summed E-state index contributed by atoms with van der Waals surface area (Å²) in [6.07, 6.45) is 2.98. The quantitative estimate of drug-likeness (QED) is 0.671. The average Bonchev–Trinajstić information content (AvgIpc) is 3.14. The van der Waals surface area contributed by atoms with Crippen LogP contribution in [0.2, 0.25) is 0 Å². The van der Waals surface area contributed by atoms with E-state index in [-0.39, 0.29) is 25.2 Å². The molecule has 4 amide bonds. The zero-order valence-electron chi connectivity index (χ0n) is 18.7. The van der Waals surface area contributed by atoms with Gasteiger partial charge in [0.05, 0.1) is 12.7 Å². The van der Waals surface area contributed by atoms with E-state index < -0.39 is 47.0 Å². The Labute approximate surface area is 187 Å². The Bertz CT molecular complexity index is 961. The first-order valence-corrected chi connectivity index (χ1v) is 10.7. The molecule has 3 aliphatic rings. The molecule has 1 saturated carbocycles. The van der Waals surface area contributed by atoms with Crippen molar-refractivity contribution in [3.8, 4) is 0 Å². The Morgan fingerprint density at radius 3 is 2.16 bits per heavy atom. The SMILES string of the molecule is CN1C(=O)N(C)C(=O)C2(C1=O)[C@@H](/C=C/c1ccccc1)CC(=O)C[C@H]2[C@H]1COC(C)(C)O1. The van der Waals surface area contributed by atoms with Gasteiger partial charge in [-0.2, -0.15) is 0 Å². The smallest absolute Gasteiger partial charge is 0.332 e. The van der Waals surface area contributed by atoms with Crippen LogP contribution in [0.15, 0.2) is 36.4 Å². The first kappa shape index (κ1) is 22.4. The summed E-state index contributed by atoms with van der Waals surface area (Å²) >= 11 is 0. The molecule has 1 aromatic rings. The number of ether oxygens (including phenoxy) is 2. The summed E-state index contributed by atoms with van der Waals surface area (Å²) in [6, 6.07) is 8.76. The molecule has 8 heteroatoms. The van der Waals surface area contributed by atoms with Crippen molar-refractivity contribution in [2.45, 2.75) is 38.6 Å². The number of Topliss-reactive ketones (excluding diaryl/α,β-unsaturated/α-hetero) is 1. The van der Waals surface area contributed by atoms with Gasteiger partial charge >= 0.3 is 6.03 Å². The van der Waals surface area contributed by atoms with Crippen LogP contribution in [-0.4, -0.2) is 66.0 Å². The van der Waals surface area contributed by atoms with E-state index in [4.69, 9.17) is 9.47 Å². The number of barbiturate groups is 1. The lowest BCUT2D eigenvalue weighted by molar-refractivity contribution is -0.183. The van der Waals surface area contributed by atoms with E-state index in [0.717, 1.165) is 15.4 Å². The van der Waals surface area contributed by atoms with Gasteiger partial charge in [-0.1, -0.05) is 42.5 Å². The first-order chi connectivity index (χ1) is 15.1. The van der Waals surface area contributed by atoms with Gasteiger partial charge in [0.1, 0.15) is 11.2 Å². The Kier molecular flexibility index (Phi) is 5.55. The minimum absolute atomic E-state index is 0.00708. The molecule has 3 fully saturated rings. The maximum atomic E-state index is 13.7. The molecule has 3 atom stereocenters. The Morgan fingerprint density at radius 2 is 1.59 bits per heavy atom. The first-order valence-electron chi connectivity index (χ1n) is 10.7. The van der Waals surface area contributed by atoms with Gasteiger partial charge in [0, 0.05) is 38.8 Å². The lowest BCUT2D eigenvalue weighted by atomic mass is 9.56. The molecule has 2 heterocycles. The van der Waals surface area contributed by atoms with Crippen LogP contribution in [0.25, 0.3) is 6.08 Å². The Morgan fingerprint density at radius 1 is 0.969 bits per heavy atom. The van der Waals surface area contributed by atoms with Crippen LogP contribution in [0.3, 0.4) is 0 Å². The third kappa shape index (κ3) is 3.47. The number of hydrogen-bond donors (Lipinski definition) is 0. The van der Waals surface area contributed by atoms with Gasteiger partial charge in [0.2, 0.25) is 11.8 Å². The van der Waals surface area contributed by atoms with Gasteiger partial charge in [0.15, 0.2) is 5.79 Å². The third-order valence-corrected chi connectivity index (χ3v) is 6.76. The standard InChI is InChI=1S/C24H28N2O6/c1-23(2)31-14-19(32-23)18-13-17(27)12-16(11-10-15-8-6-5-7-9-15)24(18)20(28)25(3)22(30)26(4)21(24)29/h5-11,16,18-19H,12-14H2,1-4H3/b11-10+/t16-,18-,19+/m0/s1. The molecule has 0 bridgehead atoms. The fourth-order valence-corrected chi connectivity index (χ4v) is 5.20. The highest BCUT2D eigenvalue weighted by atomic mass is 16.7. The Balaban J connectivity index is 1.85. The van der Waals surface area contributed by atoms with Crippen LogP contribution in [0.4, 0.5) is 4.79 Å². The van der Waals surface area contributed by atoms with Gasteiger partial charge in [-0.05, 0) is 19.4 Å². The van der Waals surface area contributed by atoms with Crippen LogP contribution in [-0.2, 0) is 23.9 Å². The van der Waals surface area contributed by atoms with Crippen LogP contribution < -0.4 is 0 Å². The minimum Gasteiger partial charge on any atom is -0.348 e. The highest BCUT2D eigenvalue weighted by molar-refractivity contribution is 6.20. The third-order valence-electron chi connectivity index (χ3n) is 6.76. The number of nitrogens with zero attached hydrogens (tertiary/aromatic N) is 2. The van der Waals surface area contributed by atoms with E-state index in [2.05, 4.69) is 0 Å². The fraction of sp³-hybridized carbons (Fsp3) is 0.500. The zero-order valence-corrected chi connectivity index (χ0v) is 18.7. The topological polar surface area (TPSA) is 93.2 Å². The molecule has 8 nitrogen and oxygen atoms in total. The average molecular weight is 440 g/mol. The van der Waals surface area contributed by atoms with E-state index in [0.29, 0.717) is 0 Å². The molecule has 0 radical (unpaired) electrons. The van der Waals surface area contributed by atoms with Crippen molar-refractivity contribution in [3.63, 3.8) is 0 Å². The van der Waals surface area contributed by atoms with Crippen LogP contribution in [0.5, 0.6) is 0 Å². The fourth-order valence-electron chi connectivity index (χ4n) is 5.20. The van der Waals surface area contributed by atoms with Crippen molar-refractivity contribution >= 4 is 29.7 Å². The largest absolute Gasteiger partial charge is 0.348 e. The maximum absolute atomic E-state index is 13.7. The predicted molar refractivity (Wildman–Crippen MR) is 115 cm³/mol. The van der Waals surface area contributed by atoms with Gasteiger partial charge in [-0.15, -0.1) is 0 Å². The van der Waals surface area contributed by atoms with Gasteiger partial charge < -0.3 is 9.47 Å². The lowest BCUT2D eigenvalue weighted by Crippen LogP contribution is -2.70. The second kappa shape index (κ2) is 7.94. The van der Waals surface area contributed by atoms with Crippen LogP contribution >= 0.6 is 0 Å². The number of carbonyl (C=O) groups excluding carboxylic acids is 4. The number of urea groups is 1. The number of carbonyl (C=O) groups is 4. The van der Waals surface area contributed by atoms with Gasteiger partial charge in [-0.25, -0.2) is 4.79 Å². The molecule has 170 valence electrons. The summed E-state index contributed by atoms with van der Waals surface area (Å²) in [6.45, 7) is 3.66. The molecule has 1 aliphatic carbocycles. The highest BCUT2D eigenvalue weighted by Gasteiger charge is 2.67. The van der Waals surface area contributed by atoms with E-state index in [1.807, 2.05) is 36.4 Å². The molecule has 1 aromatic carbocycles.